The maximum atomic E-state index is 11.7. The Morgan fingerprint density at radius 1 is 1.50 bits per heavy atom. The summed E-state index contributed by atoms with van der Waals surface area (Å²) in [6.07, 6.45) is 3.58. The third-order valence-electron chi connectivity index (χ3n) is 1.86. The van der Waals surface area contributed by atoms with Gasteiger partial charge in [0.15, 0.2) is 0 Å². The van der Waals surface area contributed by atoms with Crippen LogP contribution in [0.1, 0.15) is 10.4 Å². The van der Waals surface area contributed by atoms with Crippen LogP contribution < -0.4 is 11.1 Å². The molecule has 0 fully saturated rings. The van der Waals surface area contributed by atoms with Gasteiger partial charge in [0.2, 0.25) is 0 Å². The van der Waals surface area contributed by atoms with E-state index >= 15 is 0 Å². The van der Waals surface area contributed by atoms with Crippen LogP contribution >= 0.6 is 27.5 Å². The molecule has 3 nitrogen and oxygen atoms in total. The summed E-state index contributed by atoms with van der Waals surface area (Å²) in [6.45, 7) is 0.914. The van der Waals surface area contributed by atoms with E-state index in [9.17, 15) is 4.79 Å². The van der Waals surface area contributed by atoms with Crippen LogP contribution in [0.15, 0.2) is 34.8 Å². The molecule has 0 unspecified atom stereocenters. The normalized spacial score (nSPS) is 10.7. The molecule has 5 heteroatoms. The number of nitrogens with one attached hydrogen (secondary N) is 1. The van der Waals surface area contributed by atoms with Gasteiger partial charge in [-0.1, -0.05) is 39.7 Å². The Balaban J connectivity index is 2.63. The number of carbonyl (C=O) groups excluding carboxylic acids is 1. The zero-order chi connectivity index (χ0) is 12.0. The molecule has 0 radical (unpaired) electrons. The maximum absolute atomic E-state index is 11.7. The number of amides is 1. The van der Waals surface area contributed by atoms with Gasteiger partial charge in [-0.25, -0.2) is 0 Å². The van der Waals surface area contributed by atoms with E-state index in [0.717, 1.165) is 4.47 Å². The molecule has 1 aromatic carbocycles. The molecule has 0 heterocycles. The first-order valence-electron chi connectivity index (χ1n) is 4.73. The minimum atomic E-state index is -0.195. The van der Waals surface area contributed by atoms with E-state index < -0.39 is 0 Å². The summed E-state index contributed by atoms with van der Waals surface area (Å²) in [5.41, 5.74) is 5.74. The van der Waals surface area contributed by atoms with Gasteiger partial charge in [0.1, 0.15) is 0 Å². The molecule has 0 saturated carbocycles. The molecular weight excluding hydrogens is 291 g/mol. The van der Waals surface area contributed by atoms with Gasteiger partial charge in [0.05, 0.1) is 10.6 Å². The fourth-order valence-corrected chi connectivity index (χ4v) is 1.86. The highest BCUT2D eigenvalue weighted by Crippen LogP contribution is 2.21. The molecule has 0 saturated heterocycles. The molecule has 1 rings (SSSR count). The van der Waals surface area contributed by atoms with Gasteiger partial charge in [-0.3, -0.25) is 4.79 Å². The van der Waals surface area contributed by atoms with Crippen molar-refractivity contribution in [2.24, 2.45) is 5.73 Å². The molecule has 1 aromatic rings. The minimum absolute atomic E-state index is 0.195. The largest absolute Gasteiger partial charge is 0.349 e. The molecule has 0 aliphatic rings. The van der Waals surface area contributed by atoms with Crippen molar-refractivity contribution in [1.29, 1.82) is 0 Å². The number of nitrogens with two attached hydrogens (primary N) is 1. The van der Waals surface area contributed by atoms with Crippen molar-refractivity contribution in [1.82, 2.24) is 5.32 Å². The van der Waals surface area contributed by atoms with E-state index in [1.54, 1.807) is 30.4 Å². The third-order valence-corrected chi connectivity index (χ3v) is 2.66. The summed E-state index contributed by atoms with van der Waals surface area (Å²) in [5.74, 6) is -0.195. The lowest BCUT2D eigenvalue weighted by molar-refractivity contribution is 0.0958. The van der Waals surface area contributed by atoms with Crippen molar-refractivity contribution < 1.29 is 4.79 Å². The molecule has 0 aliphatic heterocycles. The van der Waals surface area contributed by atoms with Crippen molar-refractivity contribution in [2.45, 2.75) is 0 Å². The number of hydrogen-bond acceptors (Lipinski definition) is 2. The Morgan fingerprint density at radius 2 is 2.25 bits per heavy atom. The van der Waals surface area contributed by atoms with Crippen LogP contribution in [0.2, 0.25) is 5.02 Å². The van der Waals surface area contributed by atoms with E-state index in [4.69, 9.17) is 17.3 Å². The smallest absolute Gasteiger partial charge is 0.253 e. The van der Waals surface area contributed by atoms with E-state index in [2.05, 4.69) is 21.2 Å². The van der Waals surface area contributed by atoms with E-state index in [1.807, 2.05) is 0 Å². The Kier molecular flexibility index (Phi) is 5.52. The molecule has 1 amide bonds. The average molecular weight is 304 g/mol. The molecule has 0 aliphatic carbocycles. The van der Waals surface area contributed by atoms with Gasteiger partial charge < -0.3 is 11.1 Å². The summed E-state index contributed by atoms with van der Waals surface area (Å²) in [5, 5.41) is 3.14. The highest BCUT2D eigenvalue weighted by atomic mass is 79.9. The highest BCUT2D eigenvalue weighted by molar-refractivity contribution is 9.10. The van der Waals surface area contributed by atoms with Crippen LogP contribution in [0.5, 0.6) is 0 Å². The number of rotatable bonds is 4. The predicted octanol–water partition coefficient (Wildman–Crippen LogP) is 2.35. The van der Waals surface area contributed by atoms with Gasteiger partial charge in [0, 0.05) is 17.6 Å². The second kappa shape index (κ2) is 6.68. The van der Waals surface area contributed by atoms with Crippen molar-refractivity contribution in [3.63, 3.8) is 0 Å². The van der Waals surface area contributed by atoms with Gasteiger partial charge in [-0.2, -0.15) is 0 Å². The Morgan fingerprint density at radius 3 is 2.88 bits per heavy atom. The summed E-state index contributed by atoms with van der Waals surface area (Å²) >= 11 is 9.21. The number of halogens is 2. The Hall–Kier alpha value is -0.840. The van der Waals surface area contributed by atoms with Crippen molar-refractivity contribution in [3.8, 4) is 0 Å². The van der Waals surface area contributed by atoms with Crippen LogP contribution in [0, 0.1) is 0 Å². The SMILES string of the molecule is NC/C=C/CNC(=O)c1ccc(Br)cc1Cl. The van der Waals surface area contributed by atoms with E-state index in [-0.39, 0.29) is 5.91 Å². The molecule has 16 heavy (non-hydrogen) atoms. The molecule has 86 valence electrons. The first-order valence-corrected chi connectivity index (χ1v) is 5.90. The minimum Gasteiger partial charge on any atom is -0.349 e. The molecular formula is C11H12BrClN2O. The second-order valence-electron chi connectivity index (χ2n) is 3.04. The summed E-state index contributed by atoms with van der Waals surface area (Å²) in [7, 11) is 0. The number of carbonyl (C=O) groups is 1. The average Bonchev–Trinajstić information content (AvgIpc) is 2.24. The lowest BCUT2D eigenvalue weighted by Gasteiger charge is -2.04. The zero-order valence-corrected chi connectivity index (χ0v) is 10.9. The van der Waals surface area contributed by atoms with Gasteiger partial charge in [-0.15, -0.1) is 0 Å². The summed E-state index contributed by atoms with van der Waals surface area (Å²) < 4.78 is 0.845. The second-order valence-corrected chi connectivity index (χ2v) is 4.36. The Labute approximate surface area is 108 Å². The topological polar surface area (TPSA) is 55.1 Å². The Bertz CT molecular complexity index is 407. The predicted molar refractivity (Wildman–Crippen MR) is 69.7 cm³/mol. The van der Waals surface area contributed by atoms with Gasteiger partial charge in [-0.05, 0) is 18.2 Å². The van der Waals surface area contributed by atoms with Crippen molar-refractivity contribution >= 4 is 33.4 Å². The number of hydrogen-bond donors (Lipinski definition) is 2. The molecule has 0 bridgehead atoms. The molecule has 0 atom stereocenters. The fraction of sp³-hybridized carbons (Fsp3) is 0.182. The lowest BCUT2D eigenvalue weighted by Crippen LogP contribution is -2.23. The standard InChI is InChI=1S/C11H12BrClN2O/c12-8-3-4-9(10(13)7-8)11(16)15-6-2-1-5-14/h1-4,7H,5-6,14H2,(H,15,16)/b2-1+. The van der Waals surface area contributed by atoms with Crippen LogP contribution in [0.25, 0.3) is 0 Å². The first kappa shape index (κ1) is 13.2. The van der Waals surface area contributed by atoms with E-state index in [0.29, 0.717) is 23.7 Å². The van der Waals surface area contributed by atoms with Crippen LogP contribution in [-0.2, 0) is 0 Å². The van der Waals surface area contributed by atoms with E-state index in [1.165, 1.54) is 0 Å². The molecule has 0 aromatic heterocycles. The van der Waals surface area contributed by atoms with Crippen molar-refractivity contribution in [2.75, 3.05) is 13.1 Å². The molecule has 0 spiro atoms. The monoisotopic (exact) mass is 302 g/mol. The fourth-order valence-electron chi connectivity index (χ4n) is 1.10. The highest BCUT2D eigenvalue weighted by Gasteiger charge is 2.08. The van der Waals surface area contributed by atoms with Gasteiger partial charge in [0.25, 0.3) is 5.91 Å². The lowest BCUT2D eigenvalue weighted by atomic mass is 10.2. The maximum Gasteiger partial charge on any atom is 0.253 e. The zero-order valence-electron chi connectivity index (χ0n) is 8.54. The van der Waals surface area contributed by atoms with Crippen LogP contribution in [0.3, 0.4) is 0 Å². The third kappa shape index (κ3) is 3.96. The van der Waals surface area contributed by atoms with Crippen LogP contribution in [-0.4, -0.2) is 19.0 Å². The molecule has 3 N–H and O–H groups in total. The summed E-state index contributed by atoms with van der Waals surface area (Å²) in [6, 6.07) is 5.14. The van der Waals surface area contributed by atoms with Gasteiger partial charge >= 0.3 is 0 Å². The van der Waals surface area contributed by atoms with Crippen molar-refractivity contribution in [3.05, 3.63) is 45.4 Å². The quantitative estimate of drug-likeness (QED) is 0.839. The summed E-state index contributed by atoms with van der Waals surface area (Å²) in [4.78, 5) is 11.7. The van der Waals surface area contributed by atoms with Crippen LogP contribution in [0.4, 0.5) is 0 Å². The first-order chi connectivity index (χ1) is 7.65. The number of benzene rings is 1.